The molecular formula is C15H15NO6S2. The maximum atomic E-state index is 12.9. The van der Waals surface area contributed by atoms with Gasteiger partial charge in [0.1, 0.15) is 10.8 Å². The van der Waals surface area contributed by atoms with Gasteiger partial charge in [-0.15, -0.1) is 11.3 Å². The smallest absolute Gasteiger partial charge is 0.340 e. The summed E-state index contributed by atoms with van der Waals surface area (Å²) < 4.78 is 35.9. The fraction of sp³-hybridized carbons (Fsp3) is 0.200. The molecule has 24 heavy (non-hydrogen) atoms. The summed E-state index contributed by atoms with van der Waals surface area (Å²) in [5, 5.41) is 1.61. The molecule has 1 aromatic carbocycles. The number of hydrogen-bond donors (Lipinski definition) is 0. The van der Waals surface area contributed by atoms with E-state index < -0.39 is 28.5 Å². The van der Waals surface area contributed by atoms with Gasteiger partial charge in [-0.3, -0.25) is 9.10 Å². The fourth-order valence-electron chi connectivity index (χ4n) is 1.97. The number of methoxy groups -OCH3 is 2. The summed E-state index contributed by atoms with van der Waals surface area (Å²) in [5.41, 5.74) is 0.0761. The van der Waals surface area contributed by atoms with Crippen molar-refractivity contribution in [1.29, 1.82) is 0 Å². The lowest BCUT2D eigenvalue weighted by Crippen LogP contribution is -2.37. The molecular weight excluding hydrogens is 354 g/mol. The Morgan fingerprint density at radius 3 is 2.38 bits per heavy atom. The molecule has 0 aliphatic heterocycles. The average molecular weight is 369 g/mol. The molecule has 128 valence electrons. The maximum absolute atomic E-state index is 12.9. The molecule has 1 heterocycles. The number of nitrogens with zero attached hydrogens (tertiary/aromatic N) is 1. The summed E-state index contributed by atoms with van der Waals surface area (Å²) in [7, 11) is -1.69. The zero-order valence-electron chi connectivity index (χ0n) is 13.0. The van der Waals surface area contributed by atoms with Crippen LogP contribution in [0.5, 0.6) is 0 Å². The Morgan fingerprint density at radius 2 is 1.79 bits per heavy atom. The fourth-order valence-corrected chi connectivity index (χ4v) is 4.51. The predicted molar refractivity (Wildman–Crippen MR) is 88.6 cm³/mol. The van der Waals surface area contributed by atoms with Crippen LogP contribution in [0.15, 0.2) is 46.0 Å². The normalized spacial score (nSPS) is 10.9. The van der Waals surface area contributed by atoms with Gasteiger partial charge in [-0.2, -0.15) is 0 Å². The van der Waals surface area contributed by atoms with E-state index in [0.717, 1.165) is 22.8 Å². The number of hydrogen-bond acceptors (Lipinski definition) is 7. The first kappa shape index (κ1) is 18.0. The van der Waals surface area contributed by atoms with Gasteiger partial charge in [0.2, 0.25) is 0 Å². The van der Waals surface area contributed by atoms with Crippen molar-refractivity contribution >= 4 is 39.0 Å². The van der Waals surface area contributed by atoms with E-state index in [9.17, 15) is 18.0 Å². The highest BCUT2D eigenvalue weighted by Crippen LogP contribution is 2.29. The zero-order chi connectivity index (χ0) is 17.7. The minimum atomic E-state index is -4.04. The van der Waals surface area contributed by atoms with Crippen molar-refractivity contribution in [1.82, 2.24) is 0 Å². The zero-order valence-corrected chi connectivity index (χ0v) is 14.6. The molecule has 0 unspecified atom stereocenters. The molecule has 0 aliphatic carbocycles. The number of carbonyl (C=O) groups is 2. The molecule has 0 saturated carbocycles. The number of rotatable bonds is 6. The highest BCUT2D eigenvalue weighted by atomic mass is 32.2. The third-order valence-corrected chi connectivity index (χ3v) is 6.25. The Kier molecular flexibility index (Phi) is 5.58. The van der Waals surface area contributed by atoms with Gasteiger partial charge < -0.3 is 9.47 Å². The minimum absolute atomic E-state index is 0.0315. The van der Waals surface area contributed by atoms with Crippen molar-refractivity contribution in [2.24, 2.45) is 0 Å². The van der Waals surface area contributed by atoms with Crippen LogP contribution in [0.4, 0.5) is 5.69 Å². The second-order valence-corrected chi connectivity index (χ2v) is 7.57. The summed E-state index contributed by atoms with van der Waals surface area (Å²) in [6, 6.07) is 9.00. The van der Waals surface area contributed by atoms with E-state index in [1.165, 1.54) is 25.3 Å². The molecule has 2 rings (SSSR count). The van der Waals surface area contributed by atoms with Crippen LogP contribution < -0.4 is 4.31 Å². The number of thiophene rings is 1. The van der Waals surface area contributed by atoms with E-state index in [1.54, 1.807) is 23.6 Å². The van der Waals surface area contributed by atoms with E-state index in [2.05, 4.69) is 9.47 Å². The van der Waals surface area contributed by atoms with Crippen LogP contribution in [0.3, 0.4) is 0 Å². The Balaban J connectivity index is 2.61. The second-order valence-electron chi connectivity index (χ2n) is 4.53. The van der Waals surface area contributed by atoms with Gasteiger partial charge in [0.05, 0.1) is 25.5 Å². The summed E-state index contributed by atoms with van der Waals surface area (Å²) in [5.74, 6) is -1.46. The minimum Gasteiger partial charge on any atom is -0.468 e. The van der Waals surface area contributed by atoms with Crippen LogP contribution in [0.1, 0.15) is 10.4 Å². The van der Waals surface area contributed by atoms with Gasteiger partial charge in [0.15, 0.2) is 0 Å². The molecule has 0 aliphatic rings. The summed E-state index contributed by atoms with van der Waals surface area (Å²) in [4.78, 5) is 23.7. The van der Waals surface area contributed by atoms with E-state index >= 15 is 0 Å². The number of benzene rings is 1. The lowest BCUT2D eigenvalue weighted by atomic mass is 10.2. The van der Waals surface area contributed by atoms with Crippen molar-refractivity contribution in [2.45, 2.75) is 4.21 Å². The van der Waals surface area contributed by atoms with Crippen LogP contribution in [0.25, 0.3) is 0 Å². The van der Waals surface area contributed by atoms with Crippen molar-refractivity contribution in [3.05, 3.63) is 47.3 Å². The number of esters is 2. The van der Waals surface area contributed by atoms with Crippen LogP contribution in [-0.2, 0) is 24.3 Å². The van der Waals surface area contributed by atoms with Crippen molar-refractivity contribution < 1.29 is 27.5 Å². The SMILES string of the molecule is COC(=O)CN(c1ccccc1C(=O)OC)S(=O)(=O)c1cccs1. The molecule has 9 heteroatoms. The molecule has 0 fully saturated rings. The lowest BCUT2D eigenvalue weighted by molar-refractivity contribution is -0.138. The average Bonchev–Trinajstić information content (AvgIpc) is 3.14. The van der Waals surface area contributed by atoms with Crippen molar-refractivity contribution in [3.63, 3.8) is 0 Å². The van der Waals surface area contributed by atoms with Gasteiger partial charge >= 0.3 is 11.9 Å². The molecule has 0 radical (unpaired) electrons. The van der Waals surface area contributed by atoms with E-state index in [4.69, 9.17) is 0 Å². The van der Waals surface area contributed by atoms with Crippen LogP contribution in [0, 0.1) is 0 Å². The molecule has 0 bridgehead atoms. The first-order valence-corrected chi connectivity index (χ1v) is 9.04. The summed E-state index contributed by atoms with van der Waals surface area (Å²) in [6.07, 6.45) is 0. The Labute approximate surface area is 143 Å². The van der Waals surface area contributed by atoms with Crippen molar-refractivity contribution in [2.75, 3.05) is 25.1 Å². The molecule has 2 aromatic rings. The van der Waals surface area contributed by atoms with E-state index in [-0.39, 0.29) is 15.5 Å². The predicted octanol–water partition coefficient (Wildman–Crippen LogP) is 1.90. The quantitative estimate of drug-likeness (QED) is 0.723. The monoisotopic (exact) mass is 369 g/mol. The van der Waals surface area contributed by atoms with Crippen LogP contribution in [-0.4, -0.2) is 41.1 Å². The van der Waals surface area contributed by atoms with Gasteiger partial charge in [-0.05, 0) is 23.6 Å². The number of anilines is 1. The Bertz CT molecular complexity index is 829. The molecule has 0 N–H and O–H groups in total. The van der Waals surface area contributed by atoms with E-state index in [1.807, 2.05) is 0 Å². The number of sulfonamides is 1. The topological polar surface area (TPSA) is 90.0 Å². The highest BCUT2D eigenvalue weighted by molar-refractivity contribution is 7.94. The van der Waals surface area contributed by atoms with Crippen LogP contribution >= 0.6 is 11.3 Å². The lowest BCUT2D eigenvalue weighted by Gasteiger charge is -2.24. The van der Waals surface area contributed by atoms with E-state index in [0.29, 0.717) is 0 Å². The molecule has 1 aromatic heterocycles. The summed E-state index contributed by atoms with van der Waals surface area (Å²) in [6.45, 7) is -0.565. The number of para-hydroxylation sites is 1. The first-order valence-electron chi connectivity index (χ1n) is 6.72. The summed E-state index contributed by atoms with van der Waals surface area (Å²) >= 11 is 1.01. The Morgan fingerprint density at radius 1 is 1.08 bits per heavy atom. The number of carbonyl (C=O) groups excluding carboxylic acids is 2. The number of ether oxygens (including phenoxy) is 2. The standard InChI is InChI=1S/C15H15NO6S2/c1-21-13(17)10-16(24(19,20)14-8-5-9-23-14)12-7-4-3-6-11(12)15(18)22-2/h3-9H,10H2,1-2H3. The molecule has 0 saturated heterocycles. The largest absolute Gasteiger partial charge is 0.468 e. The van der Waals surface area contributed by atoms with Crippen LogP contribution in [0.2, 0.25) is 0 Å². The molecule has 7 nitrogen and oxygen atoms in total. The Hall–Kier alpha value is -2.39. The molecule has 0 spiro atoms. The first-order chi connectivity index (χ1) is 11.4. The van der Waals surface area contributed by atoms with Crippen molar-refractivity contribution in [3.8, 4) is 0 Å². The third-order valence-electron chi connectivity index (χ3n) is 3.12. The van der Waals surface area contributed by atoms with Gasteiger partial charge in [-0.1, -0.05) is 18.2 Å². The van der Waals surface area contributed by atoms with Gasteiger partial charge in [0.25, 0.3) is 10.0 Å². The highest BCUT2D eigenvalue weighted by Gasteiger charge is 2.31. The molecule has 0 amide bonds. The van der Waals surface area contributed by atoms with Gasteiger partial charge in [0, 0.05) is 0 Å². The second kappa shape index (κ2) is 7.45. The van der Waals surface area contributed by atoms with Gasteiger partial charge in [-0.25, -0.2) is 13.2 Å². The third kappa shape index (κ3) is 3.57. The molecule has 0 atom stereocenters. The maximum Gasteiger partial charge on any atom is 0.340 e.